The zero-order valence-electron chi connectivity index (χ0n) is 12.5. The van der Waals surface area contributed by atoms with Gasteiger partial charge >= 0.3 is 0 Å². The van der Waals surface area contributed by atoms with E-state index in [-0.39, 0.29) is 0 Å². The number of thioether (sulfide) groups is 1. The van der Waals surface area contributed by atoms with Crippen LogP contribution in [0.5, 0.6) is 0 Å². The second kappa shape index (κ2) is 7.22. The molecule has 2 fully saturated rings. The molecular weight excluding hydrogens is 236 g/mol. The molecule has 1 atom stereocenters. The molecule has 0 bridgehead atoms. The monoisotopic (exact) mass is 268 g/mol. The summed E-state index contributed by atoms with van der Waals surface area (Å²) in [5.41, 5.74) is 0.850. The lowest BCUT2D eigenvalue weighted by Crippen LogP contribution is -2.49. The van der Waals surface area contributed by atoms with Crippen LogP contribution in [0, 0.1) is 17.3 Å². The van der Waals surface area contributed by atoms with E-state index in [2.05, 4.69) is 25.6 Å². The summed E-state index contributed by atoms with van der Waals surface area (Å²) in [6.07, 6.45) is 14.9. The summed E-state index contributed by atoms with van der Waals surface area (Å²) in [5.74, 6) is 5.16. The Labute approximate surface area is 119 Å². The lowest BCUT2D eigenvalue weighted by Gasteiger charge is -2.56. The highest BCUT2D eigenvalue weighted by molar-refractivity contribution is 8.00. The molecule has 2 rings (SSSR count). The molecule has 106 valence electrons. The average Bonchev–Trinajstić information content (AvgIpc) is 2.26. The third kappa shape index (κ3) is 3.68. The molecule has 1 spiro atoms. The molecule has 1 aliphatic carbocycles. The average molecular weight is 269 g/mol. The zero-order chi connectivity index (χ0) is 12.8. The van der Waals surface area contributed by atoms with E-state index in [4.69, 9.17) is 0 Å². The van der Waals surface area contributed by atoms with Crippen molar-refractivity contribution in [3.63, 3.8) is 0 Å². The van der Waals surface area contributed by atoms with Crippen LogP contribution < -0.4 is 0 Å². The van der Waals surface area contributed by atoms with E-state index >= 15 is 0 Å². The molecule has 0 nitrogen and oxygen atoms in total. The fourth-order valence-corrected chi connectivity index (χ4v) is 5.18. The van der Waals surface area contributed by atoms with Crippen LogP contribution in [0.25, 0.3) is 0 Å². The first kappa shape index (κ1) is 14.8. The first-order valence-corrected chi connectivity index (χ1v) is 9.53. The van der Waals surface area contributed by atoms with Crippen molar-refractivity contribution in [2.45, 2.75) is 78.1 Å². The van der Waals surface area contributed by atoms with Crippen molar-refractivity contribution >= 4 is 11.8 Å². The lowest BCUT2D eigenvalue weighted by molar-refractivity contribution is 0.0390. The van der Waals surface area contributed by atoms with Crippen LogP contribution >= 0.6 is 11.8 Å². The van der Waals surface area contributed by atoms with E-state index < -0.39 is 0 Å². The topological polar surface area (TPSA) is 0 Å². The van der Waals surface area contributed by atoms with E-state index in [9.17, 15) is 0 Å². The molecule has 0 amide bonds. The maximum atomic E-state index is 2.35. The summed E-state index contributed by atoms with van der Waals surface area (Å²) in [5, 5.41) is 0. The molecule has 1 saturated carbocycles. The Morgan fingerprint density at radius 3 is 2.17 bits per heavy atom. The van der Waals surface area contributed by atoms with Gasteiger partial charge in [-0.25, -0.2) is 0 Å². The molecule has 1 heterocycles. The second-order valence-corrected chi connectivity index (χ2v) is 7.90. The summed E-state index contributed by atoms with van der Waals surface area (Å²) in [6.45, 7) is 4.66. The molecule has 18 heavy (non-hydrogen) atoms. The van der Waals surface area contributed by atoms with Gasteiger partial charge < -0.3 is 0 Å². The zero-order valence-corrected chi connectivity index (χ0v) is 13.4. The largest absolute Gasteiger partial charge is 0.161 e. The summed E-state index contributed by atoms with van der Waals surface area (Å²) >= 11 is 2.18. The lowest BCUT2D eigenvalue weighted by atomic mass is 9.58. The Balaban J connectivity index is 1.67. The predicted octanol–water partition coefficient (Wildman–Crippen LogP) is 5.91. The summed E-state index contributed by atoms with van der Waals surface area (Å²) in [6, 6.07) is 0. The summed E-state index contributed by atoms with van der Waals surface area (Å²) in [7, 11) is 0. The van der Waals surface area contributed by atoms with Crippen LogP contribution in [0.3, 0.4) is 0 Å². The van der Waals surface area contributed by atoms with Gasteiger partial charge in [-0.2, -0.15) is 11.8 Å². The van der Waals surface area contributed by atoms with Gasteiger partial charge in [0, 0.05) is 0 Å². The minimum absolute atomic E-state index is 0.850. The maximum Gasteiger partial charge on any atom is -0.000248 e. The van der Waals surface area contributed by atoms with Crippen LogP contribution in [-0.2, 0) is 0 Å². The molecule has 0 aromatic rings. The Morgan fingerprint density at radius 1 is 0.944 bits per heavy atom. The van der Waals surface area contributed by atoms with Crippen LogP contribution in [-0.4, -0.2) is 11.5 Å². The van der Waals surface area contributed by atoms with Gasteiger partial charge in [-0.05, 0) is 41.6 Å². The fraction of sp³-hybridized carbons (Fsp3) is 1.00. The van der Waals surface area contributed by atoms with E-state index in [1.807, 2.05) is 0 Å². The minimum atomic E-state index is 0.850. The molecule has 2 aliphatic rings. The van der Waals surface area contributed by atoms with Crippen molar-refractivity contribution in [3.05, 3.63) is 0 Å². The van der Waals surface area contributed by atoms with Gasteiger partial charge in [-0.1, -0.05) is 65.2 Å². The smallest absolute Gasteiger partial charge is 0.000248 e. The first-order valence-electron chi connectivity index (χ1n) is 8.37. The fourth-order valence-electron chi connectivity index (χ4n) is 3.93. The number of hydrogen-bond acceptors (Lipinski definition) is 1. The van der Waals surface area contributed by atoms with E-state index in [1.165, 1.54) is 62.9 Å². The third-order valence-corrected chi connectivity index (χ3v) is 6.86. The molecule has 1 unspecified atom stereocenters. The van der Waals surface area contributed by atoms with Gasteiger partial charge in [-0.3, -0.25) is 0 Å². The standard InChI is InChI=1S/C17H32S/c1-3-5-7-8-10-15(9-6-4-2)16-11-17(12-16)13-18-14-17/h15-16H,3-14H2,1-2H3. The van der Waals surface area contributed by atoms with Gasteiger partial charge in [0.25, 0.3) is 0 Å². The van der Waals surface area contributed by atoms with Crippen molar-refractivity contribution in [3.8, 4) is 0 Å². The van der Waals surface area contributed by atoms with E-state index in [0.29, 0.717) is 0 Å². The van der Waals surface area contributed by atoms with Crippen molar-refractivity contribution in [2.24, 2.45) is 17.3 Å². The molecule has 0 N–H and O–H groups in total. The van der Waals surface area contributed by atoms with Gasteiger partial charge in [0.15, 0.2) is 0 Å². The number of unbranched alkanes of at least 4 members (excludes halogenated alkanes) is 4. The number of rotatable bonds is 9. The Bertz CT molecular complexity index is 224. The first-order chi connectivity index (χ1) is 8.79. The highest BCUT2D eigenvalue weighted by Gasteiger charge is 2.50. The third-order valence-electron chi connectivity index (χ3n) is 5.23. The second-order valence-electron chi connectivity index (χ2n) is 6.91. The van der Waals surface area contributed by atoms with Gasteiger partial charge in [0.2, 0.25) is 0 Å². The van der Waals surface area contributed by atoms with Crippen molar-refractivity contribution in [1.82, 2.24) is 0 Å². The van der Waals surface area contributed by atoms with Crippen molar-refractivity contribution in [2.75, 3.05) is 11.5 Å². The van der Waals surface area contributed by atoms with E-state index in [0.717, 1.165) is 17.3 Å². The summed E-state index contributed by atoms with van der Waals surface area (Å²) in [4.78, 5) is 0. The highest BCUT2D eigenvalue weighted by atomic mass is 32.2. The molecule has 0 aromatic carbocycles. The van der Waals surface area contributed by atoms with Crippen molar-refractivity contribution < 1.29 is 0 Å². The SMILES string of the molecule is CCCCCCC(CCCC)C1CC2(CSC2)C1. The van der Waals surface area contributed by atoms with Crippen LogP contribution in [0.15, 0.2) is 0 Å². The molecule has 0 aromatic heterocycles. The highest BCUT2D eigenvalue weighted by Crippen LogP contribution is 2.59. The van der Waals surface area contributed by atoms with Gasteiger partial charge in [0.05, 0.1) is 0 Å². The maximum absolute atomic E-state index is 2.35. The quantitative estimate of drug-likeness (QED) is 0.469. The number of hydrogen-bond donors (Lipinski definition) is 0. The molecule has 1 saturated heterocycles. The Hall–Kier alpha value is 0.350. The molecule has 1 aliphatic heterocycles. The predicted molar refractivity (Wildman–Crippen MR) is 84.3 cm³/mol. The van der Waals surface area contributed by atoms with E-state index in [1.54, 1.807) is 12.8 Å². The van der Waals surface area contributed by atoms with Crippen LogP contribution in [0.1, 0.15) is 78.1 Å². The molecular formula is C17H32S. The van der Waals surface area contributed by atoms with Crippen molar-refractivity contribution in [1.29, 1.82) is 0 Å². The summed E-state index contributed by atoms with van der Waals surface area (Å²) < 4.78 is 0. The molecule has 0 radical (unpaired) electrons. The molecule has 1 heteroatoms. The Kier molecular flexibility index (Phi) is 5.92. The van der Waals surface area contributed by atoms with Gasteiger partial charge in [-0.15, -0.1) is 0 Å². The van der Waals surface area contributed by atoms with Crippen LogP contribution in [0.4, 0.5) is 0 Å². The Morgan fingerprint density at radius 2 is 1.61 bits per heavy atom. The normalized spacial score (nSPS) is 23.7. The minimum Gasteiger partial charge on any atom is -0.161 e. The van der Waals surface area contributed by atoms with Crippen LogP contribution in [0.2, 0.25) is 0 Å². The van der Waals surface area contributed by atoms with Gasteiger partial charge in [0.1, 0.15) is 0 Å².